The van der Waals surface area contributed by atoms with Crippen molar-refractivity contribution in [1.29, 1.82) is 0 Å². The molecule has 1 aromatic heterocycles. The molecule has 0 saturated carbocycles. The normalized spacial score (nSPS) is 40.3. The van der Waals surface area contributed by atoms with Crippen LogP contribution in [0.3, 0.4) is 0 Å². The van der Waals surface area contributed by atoms with Crippen molar-refractivity contribution in [2.45, 2.75) is 26.9 Å². The van der Waals surface area contributed by atoms with E-state index in [2.05, 4.69) is 37.9 Å². The number of aromatic nitrogens is 1. The summed E-state index contributed by atoms with van der Waals surface area (Å²) in [6.45, 7) is 7.46. The van der Waals surface area contributed by atoms with Gasteiger partial charge in [-0.1, -0.05) is 31.6 Å². The summed E-state index contributed by atoms with van der Waals surface area (Å²) in [6, 6.07) is 4.05. The summed E-state index contributed by atoms with van der Waals surface area (Å²) in [6.07, 6.45) is 6.07. The van der Waals surface area contributed by atoms with Gasteiger partial charge in [-0.05, 0) is 30.4 Å². The first-order valence-electron chi connectivity index (χ1n) is 7.41. The van der Waals surface area contributed by atoms with Crippen LogP contribution in [0.15, 0.2) is 36.2 Å². The molecule has 0 unspecified atom stereocenters. The molecular formula is C17H23NO2. The molecule has 1 aromatic rings. The van der Waals surface area contributed by atoms with Gasteiger partial charge in [0.15, 0.2) is 0 Å². The van der Waals surface area contributed by atoms with Crippen molar-refractivity contribution in [3.05, 3.63) is 41.7 Å². The molecule has 0 spiro atoms. The summed E-state index contributed by atoms with van der Waals surface area (Å²) in [5, 5.41) is 9.96. The average Bonchev–Trinajstić information content (AvgIpc) is 2.46. The average molecular weight is 273 g/mol. The predicted octanol–water partition coefficient (Wildman–Crippen LogP) is 2.98. The summed E-state index contributed by atoms with van der Waals surface area (Å²) >= 11 is 0. The van der Waals surface area contributed by atoms with Crippen LogP contribution in [-0.2, 0) is 4.74 Å². The molecule has 0 amide bonds. The molecule has 3 heteroatoms. The van der Waals surface area contributed by atoms with Crippen LogP contribution in [-0.4, -0.2) is 23.3 Å². The second kappa shape index (κ2) is 4.97. The van der Waals surface area contributed by atoms with E-state index >= 15 is 0 Å². The fraction of sp³-hybridized carbons (Fsp3) is 0.588. The van der Waals surface area contributed by atoms with Crippen molar-refractivity contribution in [3.63, 3.8) is 0 Å². The lowest BCUT2D eigenvalue weighted by Gasteiger charge is -2.55. The Labute approximate surface area is 120 Å². The first-order chi connectivity index (χ1) is 9.60. The molecule has 108 valence electrons. The van der Waals surface area contributed by atoms with Crippen molar-refractivity contribution < 1.29 is 9.84 Å². The second-order valence-corrected chi connectivity index (χ2v) is 6.42. The molecule has 1 N–H and O–H groups in total. The van der Waals surface area contributed by atoms with Gasteiger partial charge < -0.3 is 9.84 Å². The lowest BCUT2D eigenvalue weighted by atomic mass is 9.56. The first-order valence-corrected chi connectivity index (χ1v) is 7.41. The van der Waals surface area contributed by atoms with Gasteiger partial charge in [0.1, 0.15) is 0 Å². The van der Waals surface area contributed by atoms with E-state index in [4.69, 9.17) is 4.74 Å². The van der Waals surface area contributed by atoms with E-state index in [1.165, 1.54) is 5.57 Å². The van der Waals surface area contributed by atoms with E-state index in [1.54, 1.807) is 6.20 Å². The molecule has 5 atom stereocenters. The number of hydrogen-bond acceptors (Lipinski definition) is 3. The van der Waals surface area contributed by atoms with E-state index in [1.807, 2.05) is 12.3 Å². The number of rotatable bonds is 2. The van der Waals surface area contributed by atoms with Gasteiger partial charge in [0.05, 0.1) is 19.3 Å². The molecule has 2 heterocycles. The standard InChI is InChI=1S/C17H23NO2/c1-11-7-12(2)17(9-19)10-20-16(15(11)13(17)3)14-5-4-6-18-8-14/h4-8,12-13,15-16,19H,9-10H2,1-3H3/t12-,13+,15+,16-,17+/m0/s1. The van der Waals surface area contributed by atoms with E-state index in [9.17, 15) is 5.11 Å². The Morgan fingerprint density at radius 1 is 1.45 bits per heavy atom. The molecule has 1 saturated heterocycles. The number of hydrogen-bond donors (Lipinski definition) is 1. The molecule has 2 bridgehead atoms. The van der Waals surface area contributed by atoms with E-state index in [0.717, 1.165) is 5.56 Å². The quantitative estimate of drug-likeness (QED) is 0.842. The SMILES string of the molecule is CC1=C[C@H](C)[C@@]2(CO)CO[C@@H](c3cccnc3)[C@H]1[C@H]2C. The molecule has 0 radical (unpaired) electrons. The summed E-state index contributed by atoms with van der Waals surface area (Å²) in [5.41, 5.74) is 2.38. The fourth-order valence-corrected chi connectivity index (χ4v) is 4.13. The van der Waals surface area contributed by atoms with Gasteiger partial charge in [0.2, 0.25) is 0 Å². The Kier molecular flexibility index (Phi) is 3.43. The summed E-state index contributed by atoms with van der Waals surface area (Å²) in [7, 11) is 0. The van der Waals surface area contributed by atoms with Gasteiger partial charge in [0, 0.05) is 23.7 Å². The largest absolute Gasteiger partial charge is 0.396 e. The highest BCUT2D eigenvalue weighted by Gasteiger charge is 2.53. The van der Waals surface area contributed by atoms with E-state index in [-0.39, 0.29) is 18.1 Å². The number of pyridine rings is 1. The Hall–Kier alpha value is -1.19. The number of fused-ring (bicyclic) bond motifs is 2. The van der Waals surface area contributed by atoms with Gasteiger partial charge >= 0.3 is 0 Å². The van der Waals surface area contributed by atoms with Crippen molar-refractivity contribution >= 4 is 0 Å². The maximum absolute atomic E-state index is 9.96. The Morgan fingerprint density at radius 2 is 2.25 bits per heavy atom. The minimum Gasteiger partial charge on any atom is -0.396 e. The molecule has 1 fully saturated rings. The molecule has 2 aliphatic rings. The second-order valence-electron chi connectivity index (χ2n) is 6.42. The Morgan fingerprint density at radius 3 is 2.90 bits per heavy atom. The zero-order chi connectivity index (χ0) is 14.3. The Bertz CT molecular complexity index is 513. The van der Waals surface area contributed by atoms with Crippen LogP contribution in [0.2, 0.25) is 0 Å². The van der Waals surface area contributed by atoms with Gasteiger partial charge in [0.25, 0.3) is 0 Å². The zero-order valence-corrected chi connectivity index (χ0v) is 12.4. The van der Waals surface area contributed by atoms with Crippen LogP contribution in [0.5, 0.6) is 0 Å². The summed E-state index contributed by atoms with van der Waals surface area (Å²) in [5.74, 6) is 1.09. The van der Waals surface area contributed by atoms with Gasteiger partial charge in [-0.3, -0.25) is 4.98 Å². The summed E-state index contributed by atoms with van der Waals surface area (Å²) < 4.78 is 6.20. The smallest absolute Gasteiger partial charge is 0.0907 e. The monoisotopic (exact) mass is 273 g/mol. The molecule has 0 aromatic carbocycles. The lowest BCUT2D eigenvalue weighted by molar-refractivity contribution is -0.165. The summed E-state index contributed by atoms with van der Waals surface area (Å²) in [4.78, 5) is 4.22. The van der Waals surface area contributed by atoms with Crippen LogP contribution < -0.4 is 0 Å². The number of aliphatic hydroxyl groups excluding tert-OH is 1. The van der Waals surface area contributed by atoms with Crippen molar-refractivity contribution in [2.75, 3.05) is 13.2 Å². The van der Waals surface area contributed by atoms with Crippen molar-refractivity contribution in [3.8, 4) is 0 Å². The molecular weight excluding hydrogens is 250 g/mol. The minimum atomic E-state index is -0.136. The Balaban J connectivity index is 2.02. The van der Waals surface area contributed by atoms with Crippen molar-refractivity contribution in [1.82, 2.24) is 4.98 Å². The van der Waals surface area contributed by atoms with Crippen molar-refractivity contribution in [2.24, 2.45) is 23.2 Å². The van der Waals surface area contributed by atoms with Crippen LogP contribution >= 0.6 is 0 Å². The highest BCUT2D eigenvalue weighted by Crippen LogP contribution is 2.55. The molecule has 1 aliphatic carbocycles. The van der Waals surface area contributed by atoms with Gasteiger partial charge in [-0.15, -0.1) is 0 Å². The number of nitrogens with zero attached hydrogens (tertiary/aromatic N) is 1. The molecule has 3 nitrogen and oxygen atoms in total. The molecule has 1 aliphatic heterocycles. The third-order valence-electron chi connectivity index (χ3n) is 5.56. The van der Waals surface area contributed by atoms with Crippen LogP contribution in [0, 0.1) is 23.2 Å². The number of allylic oxidation sites excluding steroid dienone is 1. The zero-order valence-electron chi connectivity index (χ0n) is 12.4. The third-order valence-corrected chi connectivity index (χ3v) is 5.56. The van der Waals surface area contributed by atoms with Crippen LogP contribution in [0.4, 0.5) is 0 Å². The molecule has 3 rings (SSSR count). The topological polar surface area (TPSA) is 42.4 Å². The van der Waals surface area contributed by atoms with E-state index in [0.29, 0.717) is 24.4 Å². The number of ether oxygens (including phenoxy) is 1. The number of aliphatic hydroxyl groups is 1. The highest BCUT2D eigenvalue weighted by atomic mass is 16.5. The van der Waals surface area contributed by atoms with Gasteiger partial charge in [-0.2, -0.15) is 0 Å². The van der Waals surface area contributed by atoms with Gasteiger partial charge in [-0.25, -0.2) is 0 Å². The first kappa shape index (κ1) is 13.8. The highest BCUT2D eigenvalue weighted by molar-refractivity contribution is 5.26. The van der Waals surface area contributed by atoms with Crippen LogP contribution in [0.1, 0.15) is 32.4 Å². The lowest BCUT2D eigenvalue weighted by Crippen LogP contribution is -2.53. The predicted molar refractivity (Wildman–Crippen MR) is 78.0 cm³/mol. The van der Waals surface area contributed by atoms with E-state index < -0.39 is 0 Å². The maximum Gasteiger partial charge on any atom is 0.0907 e. The maximum atomic E-state index is 9.96. The fourth-order valence-electron chi connectivity index (χ4n) is 4.13. The minimum absolute atomic E-state index is 0.0575. The molecule has 20 heavy (non-hydrogen) atoms. The van der Waals surface area contributed by atoms with Crippen LogP contribution in [0.25, 0.3) is 0 Å². The third kappa shape index (κ3) is 1.84.